The maximum atomic E-state index is 12.9. The van der Waals surface area contributed by atoms with Gasteiger partial charge in [0.1, 0.15) is 60.1 Å². The maximum absolute atomic E-state index is 12.9. The van der Waals surface area contributed by atoms with Crippen LogP contribution in [0, 0.1) is 0 Å². The van der Waals surface area contributed by atoms with E-state index in [4.69, 9.17) is 23.8 Å². The zero-order chi connectivity index (χ0) is 40.7. The molecule has 0 aliphatic carbocycles. The molecule has 20 heteroatoms. The third-order valence-corrected chi connectivity index (χ3v) is 9.41. The van der Waals surface area contributed by atoms with Crippen LogP contribution in [0.2, 0.25) is 0 Å². The largest absolute Gasteiger partial charge is 0.394 e. The first kappa shape index (κ1) is 46.5. The molecule has 3 aliphatic heterocycles. The Bertz CT molecular complexity index is 1270. The van der Waals surface area contributed by atoms with Gasteiger partial charge in [-0.3, -0.25) is 28.9 Å². The number of rotatable bonds is 25. The molecule has 3 rings (SSSR count). The van der Waals surface area contributed by atoms with E-state index in [-0.39, 0.29) is 102 Å². The number of amides is 2. The summed E-state index contributed by atoms with van der Waals surface area (Å²) >= 11 is 0. The normalized spacial score (nSPS) is 29.9. The van der Waals surface area contributed by atoms with Crippen molar-refractivity contribution in [3.8, 4) is 0 Å². The van der Waals surface area contributed by atoms with Crippen LogP contribution in [0.4, 0.5) is 0 Å². The van der Waals surface area contributed by atoms with Crippen LogP contribution in [-0.4, -0.2) is 182 Å². The van der Waals surface area contributed by atoms with E-state index in [9.17, 15) is 64.5 Å². The van der Waals surface area contributed by atoms with Gasteiger partial charge in [-0.05, 0) is 32.6 Å². The van der Waals surface area contributed by atoms with Crippen molar-refractivity contribution in [2.45, 2.75) is 145 Å². The van der Waals surface area contributed by atoms with Crippen LogP contribution in [0.25, 0.3) is 0 Å². The van der Waals surface area contributed by atoms with E-state index in [2.05, 4.69) is 0 Å². The van der Waals surface area contributed by atoms with Gasteiger partial charge in [0.15, 0.2) is 12.6 Å². The highest BCUT2D eigenvalue weighted by molar-refractivity contribution is 6.01. The van der Waals surface area contributed by atoms with Gasteiger partial charge in [0, 0.05) is 38.5 Å². The summed E-state index contributed by atoms with van der Waals surface area (Å²) in [7, 11) is 0. The second kappa shape index (κ2) is 23.4. The van der Waals surface area contributed by atoms with Gasteiger partial charge in [-0.25, -0.2) is 4.79 Å². The third-order valence-electron chi connectivity index (χ3n) is 9.41. The average molecular weight is 793 g/mol. The topological polar surface area (TPSA) is 297 Å². The first-order valence-corrected chi connectivity index (χ1v) is 18.7. The number of nitrogens with zero attached hydrogens (tertiary/aromatic N) is 2. The molecule has 3 aliphatic rings. The Labute approximate surface area is 318 Å². The molecule has 0 saturated carbocycles. The number of carbonyl (C=O) groups is 6. The molecule has 3 heterocycles. The average Bonchev–Trinajstić information content (AvgIpc) is 3.46. The van der Waals surface area contributed by atoms with E-state index in [1.807, 2.05) is 0 Å². The van der Waals surface area contributed by atoms with Crippen molar-refractivity contribution >= 4 is 35.1 Å². The van der Waals surface area contributed by atoms with Crippen LogP contribution in [0.15, 0.2) is 0 Å². The molecule has 55 heavy (non-hydrogen) atoms. The van der Waals surface area contributed by atoms with Gasteiger partial charge in [-0.15, -0.1) is 5.06 Å². The van der Waals surface area contributed by atoms with Gasteiger partial charge < -0.3 is 59.5 Å². The van der Waals surface area contributed by atoms with Crippen LogP contribution in [0.5, 0.6) is 0 Å². The number of imide groups is 1. The monoisotopic (exact) mass is 792 g/mol. The van der Waals surface area contributed by atoms with Gasteiger partial charge in [0.2, 0.25) is 0 Å². The van der Waals surface area contributed by atoms with Crippen LogP contribution in [-0.2, 0) is 52.6 Å². The van der Waals surface area contributed by atoms with E-state index in [1.165, 1.54) is 11.8 Å². The predicted molar refractivity (Wildman–Crippen MR) is 183 cm³/mol. The van der Waals surface area contributed by atoms with Gasteiger partial charge in [0.05, 0.1) is 45.6 Å². The summed E-state index contributed by atoms with van der Waals surface area (Å²) in [4.78, 5) is 80.2. The highest BCUT2D eigenvalue weighted by atomic mass is 16.7. The Hall–Kier alpha value is -2.86. The number of carbonyl (C=O) groups excluding carboxylic acids is 6. The molecule has 0 spiro atoms. The highest BCUT2D eigenvalue weighted by Crippen LogP contribution is 2.23. The lowest BCUT2D eigenvalue weighted by atomic mass is 9.99. The zero-order valence-corrected chi connectivity index (χ0v) is 31.0. The summed E-state index contributed by atoms with van der Waals surface area (Å²) in [5, 5.41) is 69.7. The summed E-state index contributed by atoms with van der Waals surface area (Å²) in [5.41, 5.74) is 0. The second-order valence-electron chi connectivity index (χ2n) is 14.0. The summed E-state index contributed by atoms with van der Waals surface area (Å²) in [6.07, 6.45) is -11.0. The molecule has 0 aromatic heterocycles. The lowest BCUT2D eigenvalue weighted by Crippen LogP contribution is -2.59. The number of unbranched alkanes of at least 4 members (excludes halogenated alkanes) is 3. The first-order valence-electron chi connectivity index (χ1n) is 18.7. The third kappa shape index (κ3) is 14.9. The van der Waals surface area contributed by atoms with Crippen molar-refractivity contribution in [1.29, 1.82) is 0 Å². The van der Waals surface area contributed by atoms with Gasteiger partial charge in [-0.1, -0.05) is 12.8 Å². The fourth-order valence-corrected chi connectivity index (χ4v) is 6.20. The minimum Gasteiger partial charge on any atom is -0.394 e. The molecular formula is C35H56N2O18. The van der Waals surface area contributed by atoms with E-state index in [0.29, 0.717) is 30.7 Å². The lowest BCUT2D eigenvalue weighted by molar-refractivity contribution is -0.301. The fraction of sp³-hybridized carbons (Fsp3) is 0.829. The minimum absolute atomic E-state index is 0.000751. The molecular weight excluding hydrogens is 736 g/mol. The summed E-state index contributed by atoms with van der Waals surface area (Å²) < 4.78 is 21.6. The number of aliphatic hydroxyl groups excluding tert-OH is 7. The number of ketones is 3. The van der Waals surface area contributed by atoms with Crippen molar-refractivity contribution in [2.24, 2.45) is 0 Å². The molecule has 0 unspecified atom stereocenters. The summed E-state index contributed by atoms with van der Waals surface area (Å²) in [6.45, 7) is 0.105. The number of ether oxygens (including phenoxy) is 4. The molecule has 3 saturated heterocycles. The van der Waals surface area contributed by atoms with E-state index < -0.39 is 85.8 Å². The smallest absolute Gasteiger partial charge is 0.333 e. The molecule has 20 nitrogen and oxygen atoms in total. The second-order valence-corrected chi connectivity index (χ2v) is 14.0. The molecule has 0 bridgehead atoms. The first-order chi connectivity index (χ1) is 26.1. The van der Waals surface area contributed by atoms with E-state index in [0.717, 1.165) is 0 Å². The Balaban J connectivity index is 1.42. The summed E-state index contributed by atoms with van der Waals surface area (Å²) in [6, 6.07) is 0. The SMILES string of the molecule is C[C@@H]1O[C@@H](OCCCC(=O)CN(CC(=O)CCCCCCC(=O)ON2C(=O)CCC2=O)CC(=O)CCCO[C@@H]2O[C@H](CO)[C@@H](O)[C@H](O)[C@H]2O)[C@@H](O)[C@H](O)[C@@H]1O. The number of Topliss-reactive ketones (excluding diaryl/α,β-unsaturated/α-hetero) is 3. The molecule has 0 aromatic carbocycles. The molecule has 10 atom stereocenters. The highest BCUT2D eigenvalue weighted by Gasteiger charge is 2.44. The predicted octanol–water partition coefficient (Wildman–Crippen LogP) is -2.84. The molecule has 0 aromatic rings. The van der Waals surface area contributed by atoms with Gasteiger partial charge in [0.25, 0.3) is 11.8 Å². The minimum atomic E-state index is -1.62. The van der Waals surface area contributed by atoms with Crippen molar-refractivity contribution < 1.29 is 88.3 Å². The number of aliphatic hydroxyl groups is 7. The van der Waals surface area contributed by atoms with Crippen LogP contribution < -0.4 is 0 Å². The Kier molecular flexibility index (Phi) is 19.8. The number of hydroxylamine groups is 2. The van der Waals surface area contributed by atoms with Crippen molar-refractivity contribution in [1.82, 2.24) is 9.96 Å². The zero-order valence-electron chi connectivity index (χ0n) is 31.0. The molecule has 7 N–H and O–H groups in total. The summed E-state index contributed by atoms with van der Waals surface area (Å²) in [5.74, 6) is -2.66. The Morgan fingerprint density at radius 3 is 1.60 bits per heavy atom. The number of hydrogen-bond donors (Lipinski definition) is 7. The molecule has 3 fully saturated rings. The quantitative estimate of drug-likeness (QED) is 0.0362. The van der Waals surface area contributed by atoms with Gasteiger partial charge in [-0.2, -0.15) is 0 Å². The van der Waals surface area contributed by atoms with E-state index >= 15 is 0 Å². The van der Waals surface area contributed by atoms with Crippen molar-refractivity contribution in [3.63, 3.8) is 0 Å². The van der Waals surface area contributed by atoms with Crippen LogP contribution in [0.3, 0.4) is 0 Å². The lowest BCUT2D eigenvalue weighted by Gasteiger charge is -2.39. The Morgan fingerprint density at radius 1 is 0.636 bits per heavy atom. The molecule has 2 amide bonds. The maximum Gasteiger partial charge on any atom is 0.333 e. The fourth-order valence-electron chi connectivity index (χ4n) is 6.20. The Morgan fingerprint density at radius 2 is 1.09 bits per heavy atom. The van der Waals surface area contributed by atoms with Crippen molar-refractivity contribution in [3.05, 3.63) is 0 Å². The number of hydrogen-bond acceptors (Lipinski definition) is 19. The standard InChI is InChI=1S/C35H56N2O18/c1-20-28(45)30(47)32(49)34(53-20)51-14-6-9-22(40)17-36(18-23(41)10-7-15-52-35-33(50)31(48)29(46)24(19-38)54-35)16-21(39)8-4-2-3-5-11-27(44)55-37-25(42)12-13-26(37)43/h20,24,28-35,38,45-50H,2-19H2,1H3/t20-,24+,28+,29+,30+,31-,32-,33+,34+,35+/m0/s1. The molecule has 314 valence electrons. The van der Waals surface area contributed by atoms with Crippen LogP contribution >= 0.6 is 0 Å². The van der Waals surface area contributed by atoms with E-state index in [1.54, 1.807) is 0 Å². The van der Waals surface area contributed by atoms with Gasteiger partial charge >= 0.3 is 5.97 Å². The van der Waals surface area contributed by atoms with Crippen molar-refractivity contribution in [2.75, 3.05) is 39.5 Å². The molecule has 0 radical (unpaired) electrons. The van der Waals surface area contributed by atoms with Crippen LogP contribution in [0.1, 0.15) is 84.0 Å².